The number of nitrogens with one attached hydrogen (secondary N) is 1. The fourth-order valence-corrected chi connectivity index (χ4v) is 3.24. The topological polar surface area (TPSA) is 15.8 Å². The largest absolute Gasteiger partial charge is 0.360 e. The van der Waals surface area contributed by atoms with Crippen LogP contribution in [0.2, 0.25) is 0 Å². The van der Waals surface area contributed by atoms with Crippen LogP contribution in [-0.4, -0.2) is 4.98 Å². The van der Waals surface area contributed by atoms with Gasteiger partial charge in [0.05, 0.1) is 5.69 Å². The van der Waals surface area contributed by atoms with E-state index >= 15 is 0 Å². The van der Waals surface area contributed by atoms with Gasteiger partial charge >= 0.3 is 0 Å². The zero-order chi connectivity index (χ0) is 13.6. The summed E-state index contributed by atoms with van der Waals surface area (Å²) >= 11 is 3.56. The molecule has 1 aromatic heterocycles. The first kappa shape index (κ1) is 12.5. The van der Waals surface area contributed by atoms with Crippen LogP contribution in [0.1, 0.15) is 16.7 Å². The molecule has 19 heavy (non-hydrogen) atoms. The van der Waals surface area contributed by atoms with Crippen LogP contribution in [0.4, 0.5) is 0 Å². The zero-order valence-corrected chi connectivity index (χ0v) is 12.9. The molecule has 0 saturated heterocycles. The Bertz CT molecular complexity index is 745. The summed E-state index contributed by atoms with van der Waals surface area (Å²) in [4.78, 5) is 3.44. The molecule has 0 fully saturated rings. The molecule has 0 radical (unpaired) electrons. The molecule has 2 heteroatoms. The third-order valence-electron chi connectivity index (χ3n) is 3.58. The lowest BCUT2D eigenvalue weighted by Crippen LogP contribution is -1.90. The third kappa shape index (κ3) is 2.10. The summed E-state index contributed by atoms with van der Waals surface area (Å²) in [7, 11) is 0. The number of halogens is 1. The molecule has 96 valence electrons. The van der Waals surface area contributed by atoms with E-state index in [1.54, 1.807) is 0 Å². The van der Waals surface area contributed by atoms with E-state index in [1.165, 1.54) is 38.7 Å². The highest BCUT2D eigenvalue weighted by atomic mass is 79.9. The van der Waals surface area contributed by atoms with E-state index in [0.29, 0.717) is 0 Å². The molecule has 3 aromatic rings. The Morgan fingerprint density at radius 1 is 0.947 bits per heavy atom. The van der Waals surface area contributed by atoms with Crippen molar-refractivity contribution in [2.45, 2.75) is 20.8 Å². The molecule has 3 rings (SSSR count). The highest BCUT2D eigenvalue weighted by Gasteiger charge is 2.11. The van der Waals surface area contributed by atoms with Crippen LogP contribution in [0.15, 0.2) is 41.0 Å². The van der Waals surface area contributed by atoms with E-state index in [2.05, 4.69) is 78.2 Å². The van der Waals surface area contributed by atoms with Gasteiger partial charge in [0.1, 0.15) is 0 Å². The predicted octanol–water partition coefficient (Wildman–Crippen LogP) is 5.52. The number of fused-ring (bicyclic) bond motifs is 1. The summed E-state index contributed by atoms with van der Waals surface area (Å²) in [5.41, 5.74) is 6.49. The first-order chi connectivity index (χ1) is 9.06. The van der Waals surface area contributed by atoms with Crippen LogP contribution in [0.3, 0.4) is 0 Å². The van der Waals surface area contributed by atoms with E-state index in [9.17, 15) is 0 Å². The van der Waals surface area contributed by atoms with Crippen molar-refractivity contribution in [2.24, 2.45) is 0 Å². The van der Waals surface area contributed by atoms with E-state index < -0.39 is 0 Å². The molecule has 0 aliphatic rings. The molecule has 0 amide bonds. The predicted molar refractivity (Wildman–Crippen MR) is 85.6 cm³/mol. The number of rotatable bonds is 1. The molecule has 0 saturated carbocycles. The number of aromatic amines is 1. The van der Waals surface area contributed by atoms with E-state index in [0.717, 1.165) is 4.47 Å². The van der Waals surface area contributed by atoms with Crippen molar-refractivity contribution in [3.05, 3.63) is 57.7 Å². The minimum Gasteiger partial charge on any atom is -0.360 e. The van der Waals surface area contributed by atoms with Crippen molar-refractivity contribution in [3.63, 3.8) is 0 Å². The Morgan fingerprint density at radius 2 is 1.63 bits per heavy atom. The normalized spacial score (nSPS) is 11.2. The summed E-state index contributed by atoms with van der Waals surface area (Å²) < 4.78 is 1.11. The molecule has 1 heterocycles. The second-order valence-electron chi connectivity index (χ2n) is 5.17. The van der Waals surface area contributed by atoms with E-state index in [-0.39, 0.29) is 0 Å². The van der Waals surface area contributed by atoms with Crippen LogP contribution in [0.5, 0.6) is 0 Å². The first-order valence-electron chi connectivity index (χ1n) is 6.41. The molecule has 1 N–H and O–H groups in total. The Labute approximate surface area is 121 Å². The van der Waals surface area contributed by atoms with Gasteiger partial charge in [-0.1, -0.05) is 39.7 Å². The van der Waals surface area contributed by atoms with Gasteiger partial charge in [-0.25, -0.2) is 0 Å². The lowest BCUT2D eigenvalue weighted by atomic mass is 9.96. The van der Waals surface area contributed by atoms with Crippen molar-refractivity contribution in [1.29, 1.82) is 0 Å². The molecule has 0 aliphatic carbocycles. The molecule has 0 atom stereocenters. The minimum absolute atomic E-state index is 1.11. The standard InChI is InChI=1S/C17H16BrN/c1-10-6-11(2)16(12(3)7-10)17-15-8-14(18)5-4-13(15)9-19-17/h4-9,19H,1-3H3. The van der Waals surface area contributed by atoms with Crippen molar-refractivity contribution < 1.29 is 0 Å². The van der Waals surface area contributed by atoms with Crippen molar-refractivity contribution in [2.75, 3.05) is 0 Å². The summed E-state index contributed by atoms with van der Waals surface area (Å²) in [6.07, 6.45) is 2.08. The average Bonchev–Trinajstić information content (AvgIpc) is 2.71. The molecule has 0 unspecified atom stereocenters. The fourth-order valence-electron chi connectivity index (χ4n) is 2.88. The molecular weight excluding hydrogens is 298 g/mol. The lowest BCUT2D eigenvalue weighted by Gasteiger charge is -2.11. The summed E-state index contributed by atoms with van der Waals surface area (Å²) in [5, 5.41) is 2.52. The Balaban J connectivity index is 2.33. The molecule has 0 spiro atoms. The number of aromatic nitrogens is 1. The second kappa shape index (κ2) is 4.53. The SMILES string of the molecule is Cc1cc(C)c(-c2[nH]cc3ccc(Br)cc23)c(C)c1. The van der Waals surface area contributed by atoms with Crippen molar-refractivity contribution >= 4 is 26.7 Å². The molecule has 2 aromatic carbocycles. The van der Waals surface area contributed by atoms with Gasteiger partial charge in [-0.3, -0.25) is 0 Å². The number of hydrogen-bond acceptors (Lipinski definition) is 0. The second-order valence-corrected chi connectivity index (χ2v) is 6.08. The van der Waals surface area contributed by atoms with Crippen molar-refractivity contribution in [3.8, 4) is 11.3 Å². The highest BCUT2D eigenvalue weighted by molar-refractivity contribution is 9.10. The Hall–Kier alpha value is -1.54. The van der Waals surface area contributed by atoms with Gasteiger partial charge in [0, 0.05) is 21.6 Å². The zero-order valence-electron chi connectivity index (χ0n) is 11.3. The molecular formula is C17H16BrN. The third-order valence-corrected chi connectivity index (χ3v) is 4.08. The highest BCUT2D eigenvalue weighted by Crippen LogP contribution is 2.34. The van der Waals surface area contributed by atoms with Gasteiger partial charge in [-0.05, 0) is 49.4 Å². The van der Waals surface area contributed by atoms with Gasteiger partial charge in [0.2, 0.25) is 0 Å². The van der Waals surface area contributed by atoms with Gasteiger partial charge in [-0.2, -0.15) is 0 Å². The van der Waals surface area contributed by atoms with Crippen LogP contribution in [0.25, 0.3) is 22.0 Å². The Kier molecular flexibility index (Phi) is 2.98. The summed E-state index contributed by atoms with van der Waals surface area (Å²) in [5.74, 6) is 0. The fraction of sp³-hybridized carbons (Fsp3) is 0.176. The van der Waals surface area contributed by atoms with Crippen LogP contribution < -0.4 is 0 Å². The smallest absolute Gasteiger partial charge is 0.0539 e. The quantitative estimate of drug-likeness (QED) is 0.608. The van der Waals surface area contributed by atoms with Crippen LogP contribution in [0, 0.1) is 20.8 Å². The van der Waals surface area contributed by atoms with E-state index in [4.69, 9.17) is 0 Å². The van der Waals surface area contributed by atoms with Gasteiger partial charge < -0.3 is 4.98 Å². The van der Waals surface area contributed by atoms with Crippen LogP contribution in [-0.2, 0) is 0 Å². The maximum atomic E-state index is 3.56. The lowest BCUT2D eigenvalue weighted by molar-refractivity contribution is 1.29. The van der Waals surface area contributed by atoms with E-state index in [1.807, 2.05) is 0 Å². The number of hydrogen-bond donors (Lipinski definition) is 1. The summed E-state index contributed by atoms with van der Waals surface area (Å²) in [6.45, 7) is 6.51. The van der Waals surface area contributed by atoms with Gasteiger partial charge in [-0.15, -0.1) is 0 Å². The minimum atomic E-state index is 1.11. The van der Waals surface area contributed by atoms with Crippen LogP contribution >= 0.6 is 15.9 Å². The van der Waals surface area contributed by atoms with Gasteiger partial charge in [0.15, 0.2) is 0 Å². The molecule has 0 bridgehead atoms. The molecule has 0 aliphatic heterocycles. The molecule has 1 nitrogen and oxygen atoms in total. The number of benzene rings is 2. The van der Waals surface area contributed by atoms with Gasteiger partial charge in [0.25, 0.3) is 0 Å². The summed E-state index contributed by atoms with van der Waals surface area (Å²) in [6, 6.07) is 10.9. The maximum absolute atomic E-state index is 3.56. The number of H-pyrrole nitrogens is 1. The maximum Gasteiger partial charge on any atom is 0.0539 e. The first-order valence-corrected chi connectivity index (χ1v) is 7.20. The Morgan fingerprint density at radius 3 is 2.32 bits per heavy atom. The average molecular weight is 314 g/mol. The van der Waals surface area contributed by atoms with Crippen molar-refractivity contribution in [1.82, 2.24) is 4.98 Å². The monoisotopic (exact) mass is 313 g/mol. The number of aryl methyl sites for hydroxylation is 3.